The SMILES string of the molecule is ClC1C=CC=C1.[W]. The molecule has 0 unspecified atom stereocenters. The van der Waals surface area contributed by atoms with Gasteiger partial charge in [-0.2, -0.15) is 0 Å². The van der Waals surface area contributed by atoms with Gasteiger partial charge in [0.25, 0.3) is 0 Å². The van der Waals surface area contributed by atoms with Crippen LogP contribution in [0.5, 0.6) is 0 Å². The molecule has 0 amide bonds. The standard InChI is InChI=1S/C5H5Cl.W/c6-5-3-1-2-4-5;/h1-5H;. The zero-order valence-corrected chi connectivity index (χ0v) is 7.36. The Hall–Kier alpha value is 0.458. The molecule has 0 N–H and O–H groups in total. The largest absolute Gasteiger partial charge is 0.114 e. The minimum absolute atomic E-state index is 0. The van der Waals surface area contributed by atoms with Gasteiger partial charge in [-0.3, -0.25) is 0 Å². The summed E-state index contributed by atoms with van der Waals surface area (Å²) in [5.41, 5.74) is 0. The first-order chi connectivity index (χ1) is 2.89. The van der Waals surface area contributed by atoms with Crippen LogP contribution in [0, 0.1) is 0 Å². The second kappa shape index (κ2) is 3.46. The molecule has 0 aromatic heterocycles. The fourth-order valence-corrected chi connectivity index (χ4v) is 0.573. The molecule has 1 rings (SSSR count). The summed E-state index contributed by atoms with van der Waals surface area (Å²) in [4.78, 5) is 0. The van der Waals surface area contributed by atoms with Gasteiger partial charge < -0.3 is 0 Å². The molecule has 0 bridgehead atoms. The van der Waals surface area contributed by atoms with Crippen LogP contribution in [0.4, 0.5) is 0 Å². The summed E-state index contributed by atoms with van der Waals surface area (Å²) in [7, 11) is 0. The van der Waals surface area contributed by atoms with E-state index in [1.807, 2.05) is 24.3 Å². The van der Waals surface area contributed by atoms with E-state index >= 15 is 0 Å². The normalized spacial score (nSPS) is 17.3. The van der Waals surface area contributed by atoms with Gasteiger partial charge in [-0.25, -0.2) is 0 Å². The third-order valence-corrected chi connectivity index (χ3v) is 0.992. The van der Waals surface area contributed by atoms with Gasteiger partial charge in [0.2, 0.25) is 0 Å². The summed E-state index contributed by atoms with van der Waals surface area (Å²) in [6.07, 6.45) is 7.75. The number of alkyl halides is 1. The number of rotatable bonds is 0. The van der Waals surface area contributed by atoms with Crippen molar-refractivity contribution in [2.75, 3.05) is 0 Å². The van der Waals surface area contributed by atoms with Crippen LogP contribution in [0.1, 0.15) is 0 Å². The minimum Gasteiger partial charge on any atom is -0.114 e. The predicted octanol–water partition coefficient (Wildman–Crippen LogP) is 1.72. The van der Waals surface area contributed by atoms with Crippen molar-refractivity contribution in [1.82, 2.24) is 0 Å². The van der Waals surface area contributed by atoms with E-state index in [0.29, 0.717) is 0 Å². The smallest absolute Gasteiger partial charge is 0.0702 e. The Morgan fingerprint density at radius 1 is 1.14 bits per heavy atom. The first kappa shape index (κ1) is 7.46. The molecule has 0 heterocycles. The zero-order valence-electron chi connectivity index (χ0n) is 3.67. The third kappa shape index (κ3) is 2.31. The summed E-state index contributed by atoms with van der Waals surface area (Å²) in [6, 6.07) is 0. The molecule has 0 atom stereocenters. The maximum absolute atomic E-state index is 5.54. The van der Waals surface area contributed by atoms with Gasteiger partial charge in [0.05, 0.1) is 5.38 Å². The first-order valence-corrected chi connectivity index (χ1v) is 2.32. The van der Waals surface area contributed by atoms with Gasteiger partial charge in [0, 0.05) is 21.1 Å². The van der Waals surface area contributed by atoms with Crippen molar-refractivity contribution in [2.24, 2.45) is 0 Å². The van der Waals surface area contributed by atoms with Crippen LogP contribution in [-0.4, -0.2) is 5.38 Å². The monoisotopic (exact) mass is 284 g/mol. The number of halogens is 1. The van der Waals surface area contributed by atoms with Gasteiger partial charge in [0.15, 0.2) is 0 Å². The molecule has 0 saturated carbocycles. The van der Waals surface area contributed by atoms with E-state index in [1.165, 1.54) is 0 Å². The van der Waals surface area contributed by atoms with E-state index in [9.17, 15) is 0 Å². The van der Waals surface area contributed by atoms with E-state index in [2.05, 4.69) is 0 Å². The van der Waals surface area contributed by atoms with E-state index in [4.69, 9.17) is 11.6 Å². The Labute approximate surface area is 62.5 Å². The number of allylic oxidation sites excluding steroid dienone is 4. The van der Waals surface area contributed by atoms with Crippen molar-refractivity contribution in [1.29, 1.82) is 0 Å². The fourth-order valence-electron chi connectivity index (χ4n) is 0.405. The third-order valence-electron chi connectivity index (χ3n) is 0.701. The molecule has 0 radical (unpaired) electrons. The van der Waals surface area contributed by atoms with Crippen molar-refractivity contribution in [3.63, 3.8) is 0 Å². The molecule has 2 heteroatoms. The van der Waals surface area contributed by atoms with Gasteiger partial charge in [-0.05, 0) is 0 Å². The Kier molecular flexibility index (Phi) is 3.69. The molecule has 0 spiro atoms. The number of hydrogen-bond acceptors (Lipinski definition) is 0. The van der Waals surface area contributed by atoms with Crippen LogP contribution in [0.15, 0.2) is 24.3 Å². The number of hydrogen-bond donors (Lipinski definition) is 0. The van der Waals surface area contributed by atoms with Crippen molar-refractivity contribution < 1.29 is 21.1 Å². The molecular weight excluding hydrogens is 279 g/mol. The van der Waals surface area contributed by atoms with Crippen LogP contribution >= 0.6 is 11.6 Å². The zero-order chi connectivity index (χ0) is 4.41. The summed E-state index contributed by atoms with van der Waals surface area (Å²) >= 11 is 5.54. The van der Waals surface area contributed by atoms with Crippen LogP contribution in [-0.2, 0) is 21.1 Å². The topological polar surface area (TPSA) is 0 Å². The van der Waals surface area contributed by atoms with E-state index in [0.717, 1.165) is 0 Å². The molecule has 0 aliphatic heterocycles. The summed E-state index contributed by atoms with van der Waals surface area (Å²) in [6.45, 7) is 0. The molecule has 0 saturated heterocycles. The molecule has 0 aromatic carbocycles. The van der Waals surface area contributed by atoms with Crippen LogP contribution in [0.2, 0.25) is 0 Å². The molecule has 1 aliphatic rings. The molecule has 0 fully saturated rings. The molecular formula is C5H5ClW. The molecule has 0 aromatic rings. The molecule has 0 nitrogen and oxygen atoms in total. The van der Waals surface area contributed by atoms with Crippen LogP contribution in [0.3, 0.4) is 0 Å². The second-order valence-corrected chi connectivity index (χ2v) is 1.72. The minimum atomic E-state index is 0. The van der Waals surface area contributed by atoms with E-state index < -0.39 is 0 Å². The van der Waals surface area contributed by atoms with Gasteiger partial charge >= 0.3 is 0 Å². The summed E-state index contributed by atoms with van der Waals surface area (Å²) in [5, 5.41) is 0.157. The van der Waals surface area contributed by atoms with Crippen molar-refractivity contribution in [3.05, 3.63) is 24.3 Å². The Balaban J connectivity index is 0.000000360. The summed E-state index contributed by atoms with van der Waals surface area (Å²) in [5.74, 6) is 0. The molecule has 1 aliphatic carbocycles. The fraction of sp³-hybridized carbons (Fsp3) is 0.200. The van der Waals surface area contributed by atoms with Crippen molar-refractivity contribution >= 4 is 11.6 Å². The van der Waals surface area contributed by atoms with Crippen LogP contribution < -0.4 is 0 Å². The van der Waals surface area contributed by atoms with Gasteiger partial charge in [-0.1, -0.05) is 24.3 Å². The average Bonchev–Trinajstić information content (AvgIpc) is 1.86. The molecule has 7 heavy (non-hydrogen) atoms. The van der Waals surface area contributed by atoms with Crippen LogP contribution in [0.25, 0.3) is 0 Å². The first-order valence-electron chi connectivity index (χ1n) is 1.88. The van der Waals surface area contributed by atoms with Gasteiger partial charge in [0.1, 0.15) is 0 Å². The van der Waals surface area contributed by atoms with E-state index in [-0.39, 0.29) is 26.4 Å². The van der Waals surface area contributed by atoms with Gasteiger partial charge in [-0.15, -0.1) is 11.6 Å². The van der Waals surface area contributed by atoms with Crippen molar-refractivity contribution in [2.45, 2.75) is 5.38 Å². The van der Waals surface area contributed by atoms with E-state index in [1.54, 1.807) is 0 Å². The Morgan fingerprint density at radius 2 is 1.57 bits per heavy atom. The van der Waals surface area contributed by atoms with Crippen molar-refractivity contribution in [3.8, 4) is 0 Å². The maximum Gasteiger partial charge on any atom is 0.0702 e. The maximum atomic E-state index is 5.54. The Morgan fingerprint density at radius 3 is 1.71 bits per heavy atom. The second-order valence-electron chi connectivity index (χ2n) is 1.21. The average molecular weight is 284 g/mol. The molecule has 38 valence electrons. The Bertz CT molecular complexity index is 84.3. The predicted molar refractivity (Wildman–Crippen MR) is 27.9 cm³/mol. The summed E-state index contributed by atoms with van der Waals surface area (Å²) < 4.78 is 0. The quantitative estimate of drug-likeness (QED) is 0.594.